The van der Waals surface area contributed by atoms with Gasteiger partial charge in [0.1, 0.15) is 0 Å². The maximum absolute atomic E-state index is 12.8. The van der Waals surface area contributed by atoms with Crippen molar-refractivity contribution in [1.82, 2.24) is 4.98 Å². The van der Waals surface area contributed by atoms with Gasteiger partial charge in [-0.05, 0) is 49.2 Å². The molecule has 0 bridgehead atoms. The molecule has 2 atom stereocenters. The zero-order valence-electron chi connectivity index (χ0n) is 16.3. The number of carboxylic acid groups (broad SMARTS) is 1. The van der Waals surface area contributed by atoms with Gasteiger partial charge in [0.25, 0.3) is 0 Å². The number of amides is 2. The molecule has 1 fully saturated rings. The summed E-state index contributed by atoms with van der Waals surface area (Å²) in [5.41, 5.74) is 2.47. The number of rotatable bonds is 3. The first-order valence-corrected chi connectivity index (χ1v) is 10.7. The van der Waals surface area contributed by atoms with Crippen LogP contribution in [0.15, 0.2) is 65.2 Å². The number of nitrogens with zero attached hydrogens (tertiary/aromatic N) is 2. The molecule has 7 heteroatoms. The van der Waals surface area contributed by atoms with E-state index in [0.717, 1.165) is 4.47 Å². The Hall–Kier alpha value is -3.32. The van der Waals surface area contributed by atoms with Gasteiger partial charge in [0.2, 0.25) is 11.8 Å². The SMILES string of the molecule is O=C(O)c1cc(-c2ccc(N3C(=O)[C@H]4CC=CC[C@@H]4C3=O)cc2)nc2ccc(Br)cc12. The van der Waals surface area contributed by atoms with Crippen LogP contribution in [-0.2, 0) is 9.59 Å². The molecule has 1 aliphatic heterocycles. The number of carbonyl (C=O) groups excluding carboxylic acids is 2. The Morgan fingerprint density at radius 3 is 2.23 bits per heavy atom. The summed E-state index contributed by atoms with van der Waals surface area (Å²) in [5.74, 6) is -1.91. The molecule has 5 rings (SSSR count). The number of pyridine rings is 1. The van der Waals surface area contributed by atoms with E-state index in [1.54, 1.807) is 42.5 Å². The van der Waals surface area contributed by atoms with Crippen LogP contribution in [0.5, 0.6) is 0 Å². The lowest BCUT2D eigenvalue weighted by molar-refractivity contribution is -0.122. The standard InChI is InChI=1S/C24H17BrN2O4/c25-14-7-10-20-18(11-14)19(24(30)31)12-21(26-20)13-5-8-15(9-6-13)27-22(28)16-3-1-2-4-17(16)23(27)29/h1-2,5-12,16-17H,3-4H2,(H,30,31)/t16-,17-/m0/s1. The topological polar surface area (TPSA) is 87.6 Å². The van der Waals surface area contributed by atoms with Crippen LogP contribution < -0.4 is 4.90 Å². The second-order valence-electron chi connectivity index (χ2n) is 7.74. The summed E-state index contributed by atoms with van der Waals surface area (Å²) in [6.07, 6.45) is 5.11. The van der Waals surface area contributed by atoms with Gasteiger partial charge in [-0.2, -0.15) is 0 Å². The first kappa shape index (κ1) is 19.6. The van der Waals surface area contributed by atoms with Crippen molar-refractivity contribution in [3.05, 3.63) is 70.7 Å². The van der Waals surface area contributed by atoms with Gasteiger partial charge in [0, 0.05) is 15.4 Å². The van der Waals surface area contributed by atoms with Crippen LogP contribution in [0.1, 0.15) is 23.2 Å². The molecule has 1 aliphatic carbocycles. The summed E-state index contributed by atoms with van der Waals surface area (Å²) in [4.78, 5) is 43.3. The van der Waals surface area contributed by atoms with Crippen LogP contribution in [0.3, 0.4) is 0 Å². The van der Waals surface area contributed by atoms with E-state index in [-0.39, 0.29) is 29.2 Å². The second-order valence-corrected chi connectivity index (χ2v) is 8.65. The average Bonchev–Trinajstić information content (AvgIpc) is 3.03. The second kappa shape index (κ2) is 7.42. The quantitative estimate of drug-likeness (QED) is 0.432. The van der Waals surface area contributed by atoms with Gasteiger partial charge >= 0.3 is 5.97 Å². The van der Waals surface area contributed by atoms with Crippen LogP contribution in [-0.4, -0.2) is 27.9 Å². The molecule has 3 aromatic rings. The van der Waals surface area contributed by atoms with Crippen molar-refractivity contribution in [1.29, 1.82) is 0 Å². The van der Waals surface area contributed by atoms with Gasteiger partial charge in [-0.15, -0.1) is 0 Å². The Kier molecular flexibility index (Phi) is 4.70. The molecule has 2 aromatic carbocycles. The Balaban J connectivity index is 1.52. The molecule has 0 radical (unpaired) electrons. The number of fused-ring (bicyclic) bond motifs is 2. The number of hydrogen-bond acceptors (Lipinski definition) is 4. The number of hydrogen-bond donors (Lipinski definition) is 1. The minimum atomic E-state index is -1.03. The number of aromatic carboxylic acids is 1. The number of imide groups is 1. The number of allylic oxidation sites excluding steroid dienone is 2. The van der Waals surface area contributed by atoms with E-state index < -0.39 is 5.97 Å². The minimum Gasteiger partial charge on any atom is -0.478 e. The number of halogens is 1. The fourth-order valence-electron chi connectivity index (χ4n) is 4.36. The van der Waals surface area contributed by atoms with Gasteiger partial charge < -0.3 is 5.11 Å². The van der Waals surface area contributed by atoms with E-state index in [0.29, 0.717) is 40.7 Å². The maximum Gasteiger partial charge on any atom is 0.336 e. The predicted molar refractivity (Wildman–Crippen MR) is 120 cm³/mol. The minimum absolute atomic E-state index is 0.158. The molecule has 0 unspecified atom stereocenters. The molecule has 0 spiro atoms. The van der Waals surface area contributed by atoms with Crippen molar-refractivity contribution < 1.29 is 19.5 Å². The molecule has 31 heavy (non-hydrogen) atoms. The first-order chi connectivity index (χ1) is 14.9. The zero-order valence-corrected chi connectivity index (χ0v) is 17.9. The highest BCUT2D eigenvalue weighted by Gasteiger charge is 2.47. The number of carbonyl (C=O) groups is 3. The summed E-state index contributed by atoms with van der Waals surface area (Å²) < 4.78 is 0.775. The summed E-state index contributed by atoms with van der Waals surface area (Å²) >= 11 is 3.37. The molecule has 1 N–H and O–H groups in total. The van der Waals surface area contributed by atoms with E-state index >= 15 is 0 Å². The summed E-state index contributed by atoms with van der Waals surface area (Å²) in [6.45, 7) is 0. The Morgan fingerprint density at radius 1 is 0.968 bits per heavy atom. The van der Waals surface area contributed by atoms with Crippen LogP contribution in [0.4, 0.5) is 5.69 Å². The molecular formula is C24H17BrN2O4. The molecule has 0 saturated carbocycles. The fourth-order valence-corrected chi connectivity index (χ4v) is 4.72. The number of benzene rings is 2. The third-order valence-corrected chi connectivity index (χ3v) is 6.42. The van der Waals surface area contributed by atoms with Gasteiger partial charge in [0.15, 0.2) is 0 Å². The van der Waals surface area contributed by atoms with E-state index in [1.165, 1.54) is 4.90 Å². The lowest BCUT2D eigenvalue weighted by Crippen LogP contribution is -2.30. The highest BCUT2D eigenvalue weighted by atomic mass is 79.9. The molecule has 154 valence electrons. The van der Waals surface area contributed by atoms with Crippen LogP contribution in [0.2, 0.25) is 0 Å². The van der Waals surface area contributed by atoms with Crippen molar-refractivity contribution in [2.45, 2.75) is 12.8 Å². The number of carboxylic acids is 1. The molecular weight excluding hydrogens is 460 g/mol. The summed E-state index contributed by atoms with van der Waals surface area (Å²) in [6, 6.07) is 13.8. The fraction of sp³-hybridized carbons (Fsp3) is 0.167. The monoisotopic (exact) mass is 476 g/mol. The number of anilines is 1. The van der Waals surface area contributed by atoms with E-state index in [4.69, 9.17) is 0 Å². The van der Waals surface area contributed by atoms with Gasteiger partial charge in [-0.25, -0.2) is 9.78 Å². The molecule has 1 aromatic heterocycles. The Labute approximate surface area is 186 Å². The van der Waals surface area contributed by atoms with Crippen molar-refractivity contribution in [3.63, 3.8) is 0 Å². The van der Waals surface area contributed by atoms with Gasteiger partial charge in [-0.1, -0.05) is 40.2 Å². The first-order valence-electron chi connectivity index (χ1n) is 9.91. The van der Waals surface area contributed by atoms with E-state index in [1.807, 2.05) is 18.2 Å². The Bertz CT molecular complexity index is 1260. The van der Waals surface area contributed by atoms with Crippen LogP contribution in [0.25, 0.3) is 22.2 Å². The van der Waals surface area contributed by atoms with E-state index in [9.17, 15) is 19.5 Å². The number of aromatic nitrogens is 1. The molecule has 1 saturated heterocycles. The molecule has 2 heterocycles. The molecule has 2 amide bonds. The third kappa shape index (κ3) is 3.25. The smallest absolute Gasteiger partial charge is 0.336 e. The van der Waals surface area contributed by atoms with Gasteiger partial charge in [0.05, 0.1) is 34.3 Å². The van der Waals surface area contributed by atoms with Crippen molar-refractivity contribution in [2.75, 3.05) is 4.90 Å². The van der Waals surface area contributed by atoms with Crippen molar-refractivity contribution in [3.8, 4) is 11.3 Å². The molecule has 6 nitrogen and oxygen atoms in total. The lowest BCUT2D eigenvalue weighted by Gasteiger charge is -2.15. The zero-order chi connectivity index (χ0) is 21.7. The highest BCUT2D eigenvalue weighted by molar-refractivity contribution is 9.10. The third-order valence-electron chi connectivity index (χ3n) is 5.93. The van der Waals surface area contributed by atoms with Crippen LogP contribution >= 0.6 is 15.9 Å². The normalized spacial score (nSPS) is 20.4. The predicted octanol–water partition coefficient (Wildman–Crippen LogP) is 4.82. The molecule has 2 aliphatic rings. The van der Waals surface area contributed by atoms with E-state index in [2.05, 4.69) is 20.9 Å². The van der Waals surface area contributed by atoms with Crippen molar-refractivity contribution in [2.24, 2.45) is 11.8 Å². The maximum atomic E-state index is 12.8. The summed E-state index contributed by atoms with van der Waals surface area (Å²) in [7, 11) is 0. The van der Waals surface area contributed by atoms with Crippen molar-refractivity contribution >= 4 is 50.3 Å². The average molecular weight is 477 g/mol. The Morgan fingerprint density at radius 2 is 1.61 bits per heavy atom. The highest BCUT2D eigenvalue weighted by Crippen LogP contribution is 2.38. The lowest BCUT2D eigenvalue weighted by atomic mass is 9.85. The van der Waals surface area contributed by atoms with Gasteiger partial charge in [-0.3, -0.25) is 14.5 Å². The van der Waals surface area contributed by atoms with Crippen LogP contribution in [0, 0.1) is 11.8 Å². The summed E-state index contributed by atoms with van der Waals surface area (Å²) in [5, 5.41) is 10.2. The largest absolute Gasteiger partial charge is 0.478 e.